The van der Waals surface area contributed by atoms with E-state index in [0.29, 0.717) is 18.1 Å². The Labute approximate surface area is 158 Å². The molecule has 2 aliphatic rings. The summed E-state index contributed by atoms with van der Waals surface area (Å²) in [4.78, 5) is 0. The molecule has 3 unspecified atom stereocenters. The monoisotopic (exact) mass is 372 g/mol. The molecular weight excluding hydrogens is 348 g/mol. The second kappa shape index (κ2) is 7.66. The third-order valence-electron chi connectivity index (χ3n) is 5.31. The van der Waals surface area contributed by atoms with Gasteiger partial charge < -0.3 is 28.8 Å². The van der Waals surface area contributed by atoms with Gasteiger partial charge in [0.25, 0.3) is 0 Å². The summed E-state index contributed by atoms with van der Waals surface area (Å²) >= 11 is 0. The zero-order valence-electron chi connectivity index (χ0n) is 15.5. The van der Waals surface area contributed by atoms with Gasteiger partial charge in [0.15, 0.2) is 29.3 Å². The zero-order chi connectivity index (χ0) is 18.8. The second-order valence-corrected chi connectivity index (χ2v) is 6.93. The number of methoxy groups -OCH3 is 2. The number of aliphatic hydroxyl groups excluding tert-OH is 1. The van der Waals surface area contributed by atoms with E-state index in [1.54, 1.807) is 14.2 Å². The molecule has 2 aromatic carbocycles. The molecule has 144 valence electrons. The average molecular weight is 372 g/mol. The number of hydrogen-bond donors (Lipinski definition) is 1. The predicted octanol–water partition coefficient (Wildman–Crippen LogP) is 2.80. The molecule has 1 fully saturated rings. The molecule has 3 atom stereocenters. The number of rotatable bonds is 6. The molecule has 6 nitrogen and oxygen atoms in total. The van der Waals surface area contributed by atoms with Gasteiger partial charge >= 0.3 is 0 Å². The summed E-state index contributed by atoms with van der Waals surface area (Å²) in [5.41, 5.74) is 2.23. The van der Waals surface area contributed by atoms with Crippen LogP contribution in [-0.2, 0) is 17.6 Å². The summed E-state index contributed by atoms with van der Waals surface area (Å²) in [6.07, 6.45) is 0.753. The van der Waals surface area contributed by atoms with Crippen LogP contribution < -0.4 is 18.9 Å². The first-order valence-electron chi connectivity index (χ1n) is 9.07. The van der Waals surface area contributed by atoms with Gasteiger partial charge in [-0.1, -0.05) is 12.1 Å². The Bertz CT molecular complexity index is 805. The molecule has 4 rings (SSSR count). The van der Waals surface area contributed by atoms with Crippen molar-refractivity contribution in [1.29, 1.82) is 0 Å². The fourth-order valence-corrected chi connectivity index (χ4v) is 3.83. The van der Waals surface area contributed by atoms with Crippen LogP contribution in [0, 0.1) is 11.8 Å². The first-order valence-corrected chi connectivity index (χ1v) is 9.07. The number of hydrogen-bond acceptors (Lipinski definition) is 6. The minimum absolute atomic E-state index is 0.0125. The van der Waals surface area contributed by atoms with Crippen molar-refractivity contribution in [3.8, 4) is 23.0 Å². The molecule has 27 heavy (non-hydrogen) atoms. The number of aliphatic hydroxyl groups is 1. The lowest BCUT2D eigenvalue weighted by Crippen LogP contribution is -2.24. The maximum Gasteiger partial charge on any atom is 0.231 e. The van der Waals surface area contributed by atoms with Crippen LogP contribution in [0.2, 0.25) is 0 Å². The van der Waals surface area contributed by atoms with E-state index in [1.807, 2.05) is 36.4 Å². The first kappa shape index (κ1) is 17.9. The van der Waals surface area contributed by atoms with Crippen LogP contribution >= 0.6 is 0 Å². The Kier molecular flexibility index (Phi) is 5.09. The van der Waals surface area contributed by atoms with Gasteiger partial charge in [-0.25, -0.2) is 0 Å². The molecule has 0 radical (unpaired) electrons. The van der Waals surface area contributed by atoms with Crippen molar-refractivity contribution in [2.24, 2.45) is 11.8 Å². The summed E-state index contributed by atoms with van der Waals surface area (Å²) in [6, 6.07) is 11.9. The SMILES string of the molecule is COc1ccc(CC2COC(O)C2Cc2ccc3c(c2)OCO3)cc1OC. The minimum atomic E-state index is -0.763. The Morgan fingerprint density at radius 2 is 1.67 bits per heavy atom. The van der Waals surface area contributed by atoms with Crippen LogP contribution in [0.5, 0.6) is 23.0 Å². The number of fused-ring (bicyclic) bond motifs is 1. The Morgan fingerprint density at radius 1 is 0.926 bits per heavy atom. The number of ether oxygens (including phenoxy) is 5. The van der Waals surface area contributed by atoms with E-state index in [9.17, 15) is 5.11 Å². The van der Waals surface area contributed by atoms with Gasteiger partial charge in [0.2, 0.25) is 6.79 Å². The molecule has 0 aliphatic carbocycles. The second-order valence-electron chi connectivity index (χ2n) is 6.93. The van der Waals surface area contributed by atoms with Gasteiger partial charge in [0, 0.05) is 5.92 Å². The third kappa shape index (κ3) is 3.68. The molecule has 2 aliphatic heterocycles. The van der Waals surface area contributed by atoms with Crippen LogP contribution in [0.3, 0.4) is 0 Å². The highest BCUT2D eigenvalue weighted by Gasteiger charge is 2.36. The quantitative estimate of drug-likeness (QED) is 0.841. The fourth-order valence-electron chi connectivity index (χ4n) is 3.83. The van der Waals surface area contributed by atoms with E-state index < -0.39 is 6.29 Å². The summed E-state index contributed by atoms with van der Waals surface area (Å²) in [5, 5.41) is 10.4. The lowest BCUT2D eigenvalue weighted by Gasteiger charge is -2.20. The Balaban J connectivity index is 1.49. The topological polar surface area (TPSA) is 66.4 Å². The third-order valence-corrected chi connectivity index (χ3v) is 5.31. The van der Waals surface area contributed by atoms with E-state index in [0.717, 1.165) is 35.5 Å². The van der Waals surface area contributed by atoms with Crippen molar-refractivity contribution < 1.29 is 28.8 Å². The zero-order valence-corrected chi connectivity index (χ0v) is 15.5. The van der Waals surface area contributed by atoms with Crippen molar-refractivity contribution in [2.75, 3.05) is 27.6 Å². The van der Waals surface area contributed by atoms with Gasteiger partial charge in [-0.2, -0.15) is 0 Å². The van der Waals surface area contributed by atoms with Crippen molar-refractivity contribution >= 4 is 0 Å². The Morgan fingerprint density at radius 3 is 2.48 bits per heavy atom. The largest absolute Gasteiger partial charge is 0.493 e. The van der Waals surface area contributed by atoms with E-state index in [4.69, 9.17) is 23.7 Å². The highest BCUT2D eigenvalue weighted by Crippen LogP contribution is 2.37. The molecule has 2 heterocycles. The molecule has 0 amide bonds. The molecule has 6 heteroatoms. The van der Waals surface area contributed by atoms with Crippen LogP contribution in [0.1, 0.15) is 11.1 Å². The summed E-state index contributed by atoms with van der Waals surface area (Å²) in [5.74, 6) is 3.17. The lowest BCUT2D eigenvalue weighted by atomic mass is 9.84. The van der Waals surface area contributed by atoms with Gasteiger partial charge in [0.1, 0.15) is 0 Å². The molecule has 0 spiro atoms. The molecule has 2 aromatic rings. The van der Waals surface area contributed by atoms with E-state index >= 15 is 0 Å². The minimum Gasteiger partial charge on any atom is -0.493 e. The molecule has 1 N–H and O–H groups in total. The van der Waals surface area contributed by atoms with Gasteiger partial charge in [-0.15, -0.1) is 0 Å². The molecule has 0 bridgehead atoms. The standard InChI is InChI=1S/C21H24O6/c1-23-17-5-3-13(9-19(17)24-2)7-15-11-25-21(22)16(15)8-14-4-6-18-20(10-14)27-12-26-18/h3-6,9-10,15-16,21-22H,7-8,11-12H2,1-2H3. The molecule has 0 saturated carbocycles. The summed E-state index contributed by atoms with van der Waals surface area (Å²) in [7, 11) is 3.26. The average Bonchev–Trinajstić information content (AvgIpc) is 3.29. The van der Waals surface area contributed by atoms with Crippen molar-refractivity contribution in [3.05, 3.63) is 47.5 Å². The van der Waals surface area contributed by atoms with Crippen LogP contribution in [0.25, 0.3) is 0 Å². The maximum atomic E-state index is 10.4. The van der Waals surface area contributed by atoms with Gasteiger partial charge in [0.05, 0.1) is 20.8 Å². The van der Waals surface area contributed by atoms with Crippen LogP contribution in [0.4, 0.5) is 0 Å². The van der Waals surface area contributed by atoms with E-state index in [-0.39, 0.29) is 18.6 Å². The normalized spacial score (nSPS) is 23.4. The highest BCUT2D eigenvalue weighted by atomic mass is 16.7. The van der Waals surface area contributed by atoms with Crippen LogP contribution in [-0.4, -0.2) is 39.0 Å². The summed E-state index contributed by atoms with van der Waals surface area (Å²) in [6.45, 7) is 0.792. The van der Waals surface area contributed by atoms with Crippen molar-refractivity contribution in [3.63, 3.8) is 0 Å². The van der Waals surface area contributed by atoms with Crippen LogP contribution in [0.15, 0.2) is 36.4 Å². The molecule has 1 saturated heterocycles. The van der Waals surface area contributed by atoms with Gasteiger partial charge in [-0.05, 0) is 54.2 Å². The van der Waals surface area contributed by atoms with Gasteiger partial charge in [-0.3, -0.25) is 0 Å². The first-order chi connectivity index (χ1) is 13.2. The molecular formula is C21H24O6. The smallest absolute Gasteiger partial charge is 0.231 e. The van der Waals surface area contributed by atoms with Crippen molar-refractivity contribution in [2.45, 2.75) is 19.1 Å². The maximum absolute atomic E-state index is 10.4. The Hall–Kier alpha value is -2.44. The number of benzene rings is 2. The van der Waals surface area contributed by atoms with E-state index in [1.165, 1.54) is 0 Å². The van der Waals surface area contributed by atoms with E-state index in [2.05, 4.69) is 0 Å². The molecule has 0 aromatic heterocycles. The highest BCUT2D eigenvalue weighted by molar-refractivity contribution is 5.45. The van der Waals surface area contributed by atoms with Crippen molar-refractivity contribution in [1.82, 2.24) is 0 Å². The predicted molar refractivity (Wildman–Crippen MR) is 98.5 cm³/mol. The summed E-state index contributed by atoms with van der Waals surface area (Å²) < 4.78 is 27.1. The lowest BCUT2D eigenvalue weighted by molar-refractivity contribution is -0.0820. The fraction of sp³-hybridized carbons (Fsp3) is 0.429.